The predicted molar refractivity (Wildman–Crippen MR) is 105 cm³/mol. The molecule has 0 fully saturated rings. The summed E-state index contributed by atoms with van der Waals surface area (Å²) in [5.41, 5.74) is 3.75. The van der Waals surface area contributed by atoms with E-state index < -0.39 is 0 Å². The Morgan fingerprint density at radius 2 is 1.76 bits per heavy atom. The van der Waals surface area contributed by atoms with Crippen LogP contribution in [0.15, 0.2) is 66.9 Å². The average Bonchev–Trinajstić information content (AvgIpc) is 2.59. The van der Waals surface area contributed by atoms with Crippen molar-refractivity contribution < 1.29 is 4.79 Å². The van der Waals surface area contributed by atoms with Crippen molar-refractivity contribution in [1.82, 2.24) is 4.98 Å². The Balaban J connectivity index is 1.83. The lowest BCUT2D eigenvalue weighted by atomic mass is 9.86. The number of nitrogens with zero attached hydrogens (tertiary/aromatic N) is 1. The number of hydrogen-bond acceptors (Lipinski definition) is 2. The van der Waals surface area contributed by atoms with Crippen molar-refractivity contribution in [2.24, 2.45) is 0 Å². The second-order valence-corrected chi connectivity index (χ2v) is 7.04. The molecule has 2 aromatic carbocycles. The number of benzene rings is 2. The van der Waals surface area contributed by atoms with Crippen LogP contribution in [0.1, 0.15) is 31.9 Å². The van der Waals surface area contributed by atoms with Crippen LogP contribution in [0.5, 0.6) is 0 Å². The molecule has 0 aliphatic carbocycles. The molecule has 0 saturated carbocycles. The van der Waals surface area contributed by atoms with Gasteiger partial charge in [0.25, 0.3) is 0 Å². The first kappa shape index (κ1) is 16.9. The predicted octanol–water partition coefficient (Wildman–Crippen LogP) is 5.18. The molecule has 1 aromatic heterocycles. The van der Waals surface area contributed by atoms with Crippen molar-refractivity contribution in [1.29, 1.82) is 0 Å². The van der Waals surface area contributed by atoms with Crippen molar-refractivity contribution in [2.45, 2.75) is 26.2 Å². The van der Waals surface area contributed by atoms with Gasteiger partial charge >= 0.3 is 0 Å². The lowest BCUT2D eigenvalue weighted by molar-refractivity contribution is -0.111. The largest absolute Gasteiger partial charge is 0.322 e. The van der Waals surface area contributed by atoms with Gasteiger partial charge in [-0.1, -0.05) is 63.2 Å². The zero-order valence-corrected chi connectivity index (χ0v) is 14.8. The van der Waals surface area contributed by atoms with E-state index in [1.54, 1.807) is 12.3 Å². The topological polar surface area (TPSA) is 42.0 Å². The maximum Gasteiger partial charge on any atom is 0.248 e. The van der Waals surface area contributed by atoms with Crippen LogP contribution >= 0.6 is 0 Å². The molecule has 3 aromatic rings. The molecule has 1 heterocycles. The number of para-hydroxylation sites is 2. The minimum Gasteiger partial charge on any atom is -0.322 e. The monoisotopic (exact) mass is 330 g/mol. The lowest BCUT2D eigenvalue weighted by Crippen LogP contribution is -2.17. The van der Waals surface area contributed by atoms with E-state index in [0.717, 1.165) is 27.7 Å². The molecule has 3 rings (SSSR count). The van der Waals surface area contributed by atoms with Crippen LogP contribution in [-0.4, -0.2) is 10.9 Å². The number of carbonyl (C=O) groups excluding carboxylic acids is 1. The number of fused-ring (bicyclic) bond motifs is 1. The van der Waals surface area contributed by atoms with E-state index in [2.05, 4.69) is 31.1 Å². The Morgan fingerprint density at radius 3 is 2.56 bits per heavy atom. The summed E-state index contributed by atoms with van der Waals surface area (Å²) < 4.78 is 0. The Bertz CT molecular complexity index is 931. The molecule has 0 aliphatic heterocycles. The Kier molecular flexibility index (Phi) is 4.66. The van der Waals surface area contributed by atoms with Crippen LogP contribution in [0.3, 0.4) is 0 Å². The molecule has 0 aliphatic rings. The van der Waals surface area contributed by atoms with Crippen LogP contribution in [0.4, 0.5) is 5.69 Å². The molecule has 0 unspecified atom stereocenters. The van der Waals surface area contributed by atoms with Crippen LogP contribution in [0, 0.1) is 0 Å². The Labute approximate surface area is 148 Å². The van der Waals surface area contributed by atoms with E-state index in [4.69, 9.17) is 0 Å². The summed E-state index contributed by atoms with van der Waals surface area (Å²) in [4.78, 5) is 16.8. The Hall–Kier alpha value is -2.94. The summed E-state index contributed by atoms with van der Waals surface area (Å²) in [6.45, 7) is 6.40. The third kappa shape index (κ3) is 3.94. The first-order valence-corrected chi connectivity index (χ1v) is 8.37. The molecule has 25 heavy (non-hydrogen) atoms. The molecular weight excluding hydrogens is 308 g/mol. The van der Waals surface area contributed by atoms with Gasteiger partial charge in [-0.3, -0.25) is 9.78 Å². The van der Waals surface area contributed by atoms with Crippen molar-refractivity contribution in [2.75, 3.05) is 5.32 Å². The molecule has 1 N–H and O–H groups in total. The second kappa shape index (κ2) is 6.89. The fourth-order valence-electron chi connectivity index (χ4n) is 2.85. The van der Waals surface area contributed by atoms with Crippen LogP contribution in [-0.2, 0) is 10.2 Å². The fourth-order valence-corrected chi connectivity index (χ4v) is 2.85. The van der Waals surface area contributed by atoms with Crippen molar-refractivity contribution in [3.63, 3.8) is 0 Å². The molecule has 0 atom stereocenters. The molecule has 0 spiro atoms. The fraction of sp³-hybridized carbons (Fsp3) is 0.182. The SMILES string of the molecule is CC(C)(C)c1ccccc1NC(=O)/C=C/c1cccc2cccnc12. The van der Waals surface area contributed by atoms with Crippen molar-refractivity contribution >= 4 is 28.6 Å². The third-order valence-electron chi connectivity index (χ3n) is 4.07. The van der Waals surface area contributed by atoms with Gasteiger partial charge in [0.15, 0.2) is 0 Å². The zero-order chi connectivity index (χ0) is 17.9. The molecule has 3 nitrogen and oxygen atoms in total. The molecule has 1 amide bonds. The highest BCUT2D eigenvalue weighted by Crippen LogP contribution is 2.29. The normalized spacial score (nSPS) is 11.8. The maximum absolute atomic E-state index is 12.4. The quantitative estimate of drug-likeness (QED) is 0.672. The summed E-state index contributed by atoms with van der Waals surface area (Å²) in [6, 6.07) is 17.8. The van der Waals surface area contributed by atoms with E-state index in [0.29, 0.717) is 0 Å². The molecule has 0 saturated heterocycles. The number of nitrogens with one attached hydrogen (secondary N) is 1. The number of carbonyl (C=O) groups is 1. The summed E-state index contributed by atoms with van der Waals surface area (Å²) in [7, 11) is 0. The smallest absolute Gasteiger partial charge is 0.248 e. The first-order valence-electron chi connectivity index (χ1n) is 8.37. The van der Waals surface area contributed by atoms with Gasteiger partial charge < -0.3 is 5.32 Å². The van der Waals surface area contributed by atoms with Gasteiger partial charge in [0.05, 0.1) is 5.52 Å². The minimum absolute atomic E-state index is 0.0346. The van der Waals surface area contributed by atoms with Crippen LogP contribution in [0.2, 0.25) is 0 Å². The summed E-state index contributed by atoms with van der Waals surface area (Å²) in [5, 5.41) is 4.05. The number of anilines is 1. The molecule has 0 radical (unpaired) electrons. The first-order chi connectivity index (χ1) is 11.9. The highest BCUT2D eigenvalue weighted by Gasteiger charge is 2.17. The van der Waals surface area contributed by atoms with E-state index in [-0.39, 0.29) is 11.3 Å². The number of hydrogen-bond donors (Lipinski definition) is 1. The molecule has 3 heteroatoms. The van der Waals surface area contributed by atoms with Gasteiger partial charge in [0.1, 0.15) is 0 Å². The summed E-state index contributed by atoms with van der Waals surface area (Å²) in [5.74, 6) is -0.148. The molecular formula is C22H22N2O. The standard InChI is InChI=1S/C22H22N2O/c1-22(2,3)18-11-4-5-12-19(18)24-20(25)14-13-17-9-6-8-16-10-7-15-23-21(16)17/h4-15H,1-3H3,(H,24,25)/b14-13+. The van der Waals surface area contributed by atoms with Gasteiger partial charge in [-0.15, -0.1) is 0 Å². The van der Waals surface area contributed by atoms with E-state index in [1.807, 2.05) is 60.7 Å². The van der Waals surface area contributed by atoms with Crippen LogP contribution in [0.25, 0.3) is 17.0 Å². The molecule has 126 valence electrons. The number of rotatable bonds is 3. The minimum atomic E-state index is -0.148. The van der Waals surface area contributed by atoms with Gasteiger partial charge in [-0.05, 0) is 29.2 Å². The number of pyridine rings is 1. The third-order valence-corrected chi connectivity index (χ3v) is 4.07. The van der Waals surface area contributed by atoms with Crippen molar-refractivity contribution in [3.05, 3.63) is 78.0 Å². The van der Waals surface area contributed by atoms with E-state index in [9.17, 15) is 4.79 Å². The number of amides is 1. The van der Waals surface area contributed by atoms with Gasteiger partial charge in [0, 0.05) is 28.9 Å². The maximum atomic E-state index is 12.4. The van der Waals surface area contributed by atoms with E-state index >= 15 is 0 Å². The van der Waals surface area contributed by atoms with Crippen molar-refractivity contribution in [3.8, 4) is 0 Å². The van der Waals surface area contributed by atoms with E-state index in [1.165, 1.54) is 0 Å². The highest BCUT2D eigenvalue weighted by atomic mass is 16.1. The summed E-state index contributed by atoms with van der Waals surface area (Å²) >= 11 is 0. The lowest BCUT2D eigenvalue weighted by Gasteiger charge is -2.22. The van der Waals surface area contributed by atoms with Gasteiger partial charge in [-0.25, -0.2) is 0 Å². The summed E-state index contributed by atoms with van der Waals surface area (Å²) in [6.07, 6.45) is 5.13. The van der Waals surface area contributed by atoms with Gasteiger partial charge in [-0.2, -0.15) is 0 Å². The second-order valence-electron chi connectivity index (χ2n) is 7.04. The van der Waals surface area contributed by atoms with Gasteiger partial charge in [0.2, 0.25) is 5.91 Å². The Morgan fingerprint density at radius 1 is 1.00 bits per heavy atom. The average molecular weight is 330 g/mol. The van der Waals surface area contributed by atoms with Crippen LogP contribution < -0.4 is 5.32 Å². The zero-order valence-electron chi connectivity index (χ0n) is 14.8. The highest BCUT2D eigenvalue weighted by molar-refractivity contribution is 6.03. The molecule has 0 bridgehead atoms. The number of aromatic nitrogens is 1.